The van der Waals surface area contributed by atoms with E-state index in [1.165, 1.54) is 24.3 Å². The molecule has 19 heavy (non-hydrogen) atoms. The summed E-state index contributed by atoms with van der Waals surface area (Å²) in [6, 6.07) is 11.6. The summed E-state index contributed by atoms with van der Waals surface area (Å²) in [5.74, 6) is -0.619. The van der Waals surface area contributed by atoms with Gasteiger partial charge in [0.25, 0.3) is 0 Å². The Kier molecular flexibility index (Phi) is 4.25. The normalized spacial score (nSPS) is 9.79. The average molecular weight is 279 g/mol. The highest BCUT2D eigenvalue weighted by atomic mass is 32.1. The minimum Gasteiger partial charge on any atom is -0.331 e. The van der Waals surface area contributed by atoms with Crippen LogP contribution in [0, 0.1) is 11.6 Å². The van der Waals surface area contributed by atoms with Crippen LogP contribution in [0.3, 0.4) is 0 Å². The maximum absolute atomic E-state index is 12.7. The first-order valence-electron chi connectivity index (χ1n) is 5.47. The van der Waals surface area contributed by atoms with Crippen molar-refractivity contribution in [3.8, 4) is 0 Å². The van der Waals surface area contributed by atoms with Crippen molar-refractivity contribution in [3.63, 3.8) is 0 Å². The van der Waals surface area contributed by atoms with Gasteiger partial charge in [0.05, 0.1) is 5.69 Å². The third kappa shape index (κ3) is 4.18. The van der Waals surface area contributed by atoms with Gasteiger partial charge in [-0.1, -0.05) is 0 Å². The second-order valence-corrected chi connectivity index (χ2v) is 4.13. The van der Waals surface area contributed by atoms with Crippen molar-refractivity contribution in [1.29, 1.82) is 0 Å². The molecule has 0 aromatic heterocycles. The summed E-state index contributed by atoms with van der Waals surface area (Å²) >= 11 is 5.04. The molecular weight excluding hydrogens is 268 g/mol. The zero-order chi connectivity index (χ0) is 13.7. The maximum atomic E-state index is 12.7. The SMILES string of the molecule is Fc1ccc(NNC(=S)Nc2ccc(F)cc2)cc1. The fourth-order valence-electron chi connectivity index (χ4n) is 1.36. The molecule has 3 N–H and O–H groups in total. The van der Waals surface area contributed by atoms with E-state index in [4.69, 9.17) is 12.2 Å². The molecule has 0 heterocycles. The molecule has 0 aliphatic heterocycles. The lowest BCUT2D eigenvalue weighted by Gasteiger charge is -2.12. The standard InChI is InChI=1S/C13H11F2N3S/c14-9-1-5-11(6-2-9)16-13(19)18-17-12-7-3-10(15)4-8-12/h1-8,17H,(H2,16,18,19). The highest BCUT2D eigenvalue weighted by molar-refractivity contribution is 7.80. The largest absolute Gasteiger partial charge is 0.331 e. The van der Waals surface area contributed by atoms with Crippen LogP contribution in [-0.4, -0.2) is 5.11 Å². The van der Waals surface area contributed by atoms with Crippen LogP contribution >= 0.6 is 12.2 Å². The number of anilines is 2. The average Bonchev–Trinajstić information content (AvgIpc) is 2.41. The Morgan fingerprint density at radius 3 is 1.79 bits per heavy atom. The smallest absolute Gasteiger partial charge is 0.189 e. The van der Waals surface area contributed by atoms with Crippen LogP contribution in [0.5, 0.6) is 0 Å². The Morgan fingerprint density at radius 1 is 0.789 bits per heavy atom. The number of hydrogen-bond acceptors (Lipinski definition) is 2. The molecular formula is C13H11F2N3S. The molecule has 0 aliphatic carbocycles. The molecule has 2 aromatic rings. The Bertz CT molecular complexity index is 555. The number of halogens is 2. The Balaban J connectivity index is 1.84. The first-order chi connectivity index (χ1) is 9.13. The Hall–Kier alpha value is -2.21. The Morgan fingerprint density at radius 2 is 1.26 bits per heavy atom. The molecule has 2 rings (SSSR count). The zero-order valence-corrected chi connectivity index (χ0v) is 10.6. The third-order valence-corrected chi connectivity index (χ3v) is 2.47. The summed E-state index contributed by atoms with van der Waals surface area (Å²) in [6.07, 6.45) is 0. The summed E-state index contributed by atoms with van der Waals surface area (Å²) in [4.78, 5) is 0. The van der Waals surface area contributed by atoms with Gasteiger partial charge in [-0.3, -0.25) is 10.9 Å². The summed E-state index contributed by atoms with van der Waals surface area (Å²) in [6.45, 7) is 0. The van der Waals surface area contributed by atoms with E-state index >= 15 is 0 Å². The number of hydrogen-bond donors (Lipinski definition) is 3. The van der Waals surface area contributed by atoms with E-state index in [1.54, 1.807) is 24.3 Å². The van der Waals surface area contributed by atoms with Gasteiger partial charge in [0.2, 0.25) is 0 Å². The maximum Gasteiger partial charge on any atom is 0.189 e. The Labute approximate surface area is 114 Å². The first kappa shape index (κ1) is 13.2. The molecule has 98 valence electrons. The van der Waals surface area contributed by atoms with Gasteiger partial charge >= 0.3 is 0 Å². The van der Waals surface area contributed by atoms with Gasteiger partial charge in [-0.15, -0.1) is 0 Å². The molecule has 0 saturated carbocycles. The van der Waals surface area contributed by atoms with E-state index in [1.807, 2.05) is 0 Å². The lowest BCUT2D eigenvalue weighted by atomic mass is 10.3. The lowest BCUT2D eigenvalue weighted by Crippen LogP contribution is -2.33. The summed E-state index contributed by atoms with van der Waals surface area (Å²) < 4.78 is 25.4. The molecule has 0 radical (unpaired) electrons. The van der Waals surface area contributed by atoms with E-state index in [0.29, 0.717) is 16.5 Å². The van der Waals surface area contributed by atoms with E-state index in [9.17, 15) is 8.78 Å². The van der Waals surface area contributed by atoms with Crippen LogP contribution in [0.4, 0.5) is 20.2 Å². The van der Waals surface area contributed by atoms with Crippen LogP contribution < -0.4 is 16.2 Å². The second-order valence-electron chi connectivity index (χ2n) is 3.72. The topological polar surface area (TPSA) is 36.1 Å². The van der Waals surface area contributed by atoms with Gasteiger partial charge < -0.3 is 5.32 Å². The van der Waals surface area contributed by atoms with Crippen molar-refractivity contribution in [2.45, 2.75) is 0 Å². The second kappa shape index (κ2) is 6.10. The van der Waals surface area contributed by atoms with Gasteiger partial charge in [-0.2, -0.15) is 0 Å². The fraction of sp³-hybridized carbons (Fsp3) is 0. The molecule has 2 aromatic carbocycles. The van der Waals surface area contributed by atoms with Crippen LogP contribution in [0.25, 0.3) is 0 Å². The molecule has 0 atom stereocenters. The van der Waals surface area contributed by atoms with Gasteiger partial charge in [0, 0.05) is 5.69 Å². The molecule has 0 spiro atoms. The predicted octanol–water partition coefficient (Wildman–Crippen LogP) is 3.28. The third-order valence-electron chi connectivity index (χ3n) is 2.27. The van der Waals surface area contributed by atoms with Gasteiger partial charge in [-0.05, 0) is 60.7 Å². The van der Waals surface area contributed by atoms with E-state index in [-0.39, 0.29) is 11.6 Å². The van der Waals surface area contributed by atoms with Gasteiger partial charge in [-0.25, -0.2) is 8.78 Å². The molecule has 6 heteroatoms. The monoisotopic (exact) mass is 279 g/mol. The number of rotatable bonds is 3. The van der Waals surface area contributed by atoms with Crippen molar-refractivity contribution in [1.82, 2.24) is 5.43 Å². The summed E-state index contributed by atoms with van der Waals surface area (Å²) in [5.41, 5.74) is 6.88. The highest BCUT2D eigenvalue weighted by Crippen LogP contribution is 2.09. The minimum absolute atomic E-state index is 0.308. The van der Waals surface area contributed by atoms with Crippen molar-refractivity contribution >= 4 is 28.7 Å². The molecule has 0 amide bonds. The quantitative estimate of drug-likeness (QED) is 0.595. The number of thiocarbonyl (C=S) groups is 1. The van der Waals surface area contributed by atoms with Crippen LogP contribution in [0.15, 0.2) is 48.5 Å². The summed E-state index contributed by atoms with van der Waals surface area (Å²) in [5, 5.41) is 3.18. The van der Waals surface area contributed by atoms with Crippen molar-refractivity contribution in [3.05, 3.63) is 60.2 Å². The van der Waals surface area contributed by atoms with Crippen LogP contribution in [-0.2, 0) is 0 Å². The number of nitrogens with one attached hydrogen (secondary N) is 3. The number of benzene rings is 2. The predicted molar refractivity (Wildman–Crippen MR) is 75.8 cm³/mol. The van der Waals surface area contributed by atoms with Crippen LogP contribution in [0.2, 0.25) is 0 Å². The minimum atomic E-state index is -0.311. The first-order valence-corrected chi connectivity index (χ1v) is 5.88. The van der Waals surface area contributed by atoms with E-state index in [2.05, 4.69) is 16.2 Å². The molecule has 0 unspecified atom stereocenters. The molecule has 0 bridgehead atoms. The van der Waals surface area contributed by atoms with E-state index < -0.39 is 0 Å². The molecule has 0 fully saturated rings. The fourth-order valence-corrected chi connectivity index (χ4v) is 1.53. The van der Waals surface area contributed by atoms with Gasteiger partial charge in [0.1, 0.15) is 11.6 Å². The molecule has 0 aliphatic rings. The van der Waals surface area contributed by atoms with Crippen molar-refractivity contribution in [2.24, 2.45) is 0 Å². The molecule has 3 nitrogen and oxygen atoms in total. The van der Waals surface area contributed by atoms with Crippen LogP contribution in [0.1, 0.15) is 0 Å². The summed E-state index contributed by atoms with van der Waals surface area (Å²) in [7, 11) is 0. The highest BCUT2D eigenvalue weighted by Gasteiger charge is 1.98. The van der Waals surface area contributed by atoms with Crippen molar-refractivity contribution < 1.29 is 8.78 Å². The van der Waals surface area contributed by atoms with E-state index in [0.717, 1.165) is 0 Å². The molecule has 0 saturated heterocycles. The number of hydrazine groups is 1. The van der Waals surface area contributed by atoms with Crippen molar-refractivity contribution in [2.75, 3.05) is 10.7 Å². The van der Waals surface area contributed by atoms with Gasteiger partial charge in [0.15, 0.2) is 5.11 Å². The lowest BCUT2D eigenvalue weighted by molar-refractivity contribution is 0.627. The zero-order valence-electron chi connectivity index (χ0n) is 9.78.